The molecule has 0 aromatic rings. The molecule has 0 bridgehead atoms. The summed E-state index contributed by atoms with van der Waals surface area (Å²) in [5, 5.41) is 19.4. The van der Waals surface area contributed by atoms with E-state index < -0.39 is 11.6 Å². The maximum Gasteiger partial charge on any atom is 0.306 e. The van der Waals surface area contributed by atoms with Gasteiger partial charge in [0.15, 0.2) is 0 Å². The second-order valence-electron chi connectivity index (χ2n) is 9.21. The first-order valence-corrected chi connectivity index (χ1v) is 9.31. The van der Waals surface area contributed by atoms with E-state index >= 15 is 0 Å². The third kappa shape index (κ3) is 2.37. The lowest BCUT2D eigenvalue weighted by Gasteiger charge is -2.61. The highest BCUT2D eigenvalue weighted by Gasteiger charge is 2.65. The molecule has 136 valence electrons. The summed E-state index contributed by atoms with van der Waals surface area (Å²) >= 11 is 0. The molecule has 4 heteroatoms. The molecule has 1 saturated carbocycles. The van der Waals surface area contributed by atoms with Crippen molar-refractivity contribution in [1.29, 1.82) is 0 Å². The Kier molecular flexibility index (Phi) is 4.16. The van der Waals surface area contributed by atoms with Gasteiger partial charge in [-0.25, -0.2) is 0 Å². The fourth-order valence-corrected chi connectivity index (χ4v) is 6.19. The summed E-state index contributed by atoms with van der Waals surface area (Å²) in [6.07, 6.45) is 8.23. The van der Waals surface area contributed by atoms with Crippen molar-refractivity contribution in [2.45, 2.75) is 83.8 Å². The monoisotopic (exact) mass is 336 g/mol. The SMILES string of the molecule is CC1=CCC2[C@@](C)(CO)CCC[C@]2(C)[C@@]12CCC(C)(CC(=O)O)O2. The van der Waals surface area contributed by atoms with Gasteiger partial charge in [-0.2, -0.15) is 0 Å². The number of fused-ring (bicyclic) bond motifs is 2. The van der Waals surface area contributed by atoms with Gasteiger partial charge in [0.25, 0.3) is 0 Å². The van der Waals surface area contributed by atoms with Crippen molar-refractivity contribution in [3.63, 3.8) is 0 Å². The predicted molar refractivity (Wildman–Crippen MR) is 92.7 cm³/mol. The highest BCUT2D eigenvalue weighted by atomic mass is 16.5. The summed E-state index contributed by atoms with van der Waals surface area (Å²) in [5.41, 5.74) is 0.164. The molecule has 4 nitrogen and oxygen atoms in total. The van der Waals surface area contributed by atoms with Crippen LogP contribution in [0.2, 0.25) is 0 Å². The summed E-state index contributed by atoms with van der Waals surface area (Å²) in [7, 11) is 0. The van der Waals surface area contributed by atoms with Gasteiger partial charge in [0, 0.05) is 12.0 Å². The van der Waals surface area contributed by atoms with E-state index in [9.17, 15) is 15.0 Å². The third-order valence-corrected chi connectivity index (χ3v) is 7.59. The Balaban J connectivity index is 2.02. The minimum absolute atomic E-state index is 0.0438. The molecule has 3 rings (SSSR count). The second kappa shape index (κ2) is 5.57. The quantitative estimate of drug-likeness (QED) is 0.767. The minimum atomic E-state index is -0.794. The van der Waals surface area contributed by atoms with Gasteiger partial charge in [0.2, 0.25) is 0 Å². The van der Waals surface area contributed by atoms with Crippen molar-refractivity contribution in [2.75, 3.05) is 6.61 Å². The van der Waals surface area contributed by atoms with Crippen molar-refractivity contribution in [2.24, 2.45) is 16.7 Å². The molecule has 2 unspecified atom stereocenters. The van der Waals surface area contributed by atoms with Crippen LogP contribution in [0.1, 0.15) is 72.6 Å². The number of carboxylic acids is 1. The molecule has 0 aromatic carbocycles. The van der Waals surface area contributed by atoms with Gasteiger partial charge in [0.1, 0.15) is 0 Å². The van der Waals surface area contributed by atoms with Crippen LogP contribution in [0.3, 0.4) is 0 Å². The number of rotatable bonds is 3. The van der Waals surface area contributed by atoms with Crippen LogP contribution in [0.5, 0.6) is 0 Å². The number of carbonyl (C=O) groups is 1. The summed E-state index contributed by atoms with van der Waals surface area (Å²) < 4.78 is 6.68. The lowest BCUT2D eigenvalue weighted by Crippen LogP contribution is -2.60. The van der Waals surface area contributed by atoms with Crippen LogP contribution in [-0.2, 0) is 9.53 Å². The van der Waals surface area contributed by atoms with E-state index in [-0.39, 0.29) is 29.5 Å². The smallest absolute Gasteiger partial charge is 0.306 e. The van der Waals surface area contributed by atoms with E-state index in [1.807, 2.05) is 6.92 Å². The zero-order valence-corrected chi connectivity index (χ0v) is 15.5. The lowest BCUT2D eigenvalue weighted by atomic mass is 9.46. The van der Waals surface area contributed by atoms with Crippen molar-refractivity contribution in [1.82, 2.24) is 0 Å². The van der Waals surface area contributed by atoms with Crippen molar-refractivity contribution >= 4 is 5.97 Å². The maximum absolute atomic E-state index is 11.3. The molecule has 1 spiro atoms. The van der Waals surface area contributed by atoms with Crippen LogP contribution >= 0.6 is 0 Å². The van der Waals surface area contributed by atoms with Crippen molar-refractivity contribution < 1.29 is 19.7 Å². The number of aliphatic hydroxyl groups is 1. The molecule has 24 heavy (non-hydrogen) atoms. The van der Waals surface area contributed by atoms with E-state index in [1.54, 1.807) is 0 Å². The Hall–Kier alpha value is -0.870. The number of aliphatic hydroxyl groups excluding tert-OH is 1. The first-order valence-electron chi connectivity index (χ1n) is 9.31. The molecule has 3 aliphatic rings. The molecule has 2 aliphatic carbocycles. The molecule has 0 amide bonds. The molecule has 0 radical (unpaired) electrons. The summed E-state index contributed by atoms with van der Waals surface area (Å²) in [6.45, 7) is 8.85. The van der Waals surface area contributed by atoms with Crippen LogP contribution in [0, 0.1) is 16.7 Å². The van der Waals surface area contributed by atoms with Crippen LogP contribution in [0.25, 0.3) is 0 Å². The van der Waals surface area contributed by atoms with Gasteiger partial charge in [-0.05, 0) is 62.9 Å². The summed E-state index contributed by atoms with van der Waals surface area (Å²) in [4.78, 5) is 11.3. The molecular weight excluding hydrogens is 304 g/mol. The number of allylic oxidation sites excluding steroid dienone is 1. The van der Waals surface area contributed by atoms with Crippen LogP contribution in [0.4, 0.5) is 0 Å². The summed E-state index contributed by atoms with van der Waals surface area (Å²) in [6, 6.07) is 0. The molecule has 2 fully saturated rings. The van der Waals surface area contributed by atoms with Crippen LogP contribution < -0.4 is 0 Å². The Morgan fingerprint density at radius 3 is 2.58 bits per heavy atom. The van der Waals surface area contributed by atoms with E-state index in [4.69, 9.17) is 4.74 Å². The molecule has 5 atom stereocenters. The number of hydrogen-bond acceptors (Lipinski definition) is 3. The largest absolute Gasteiger partial charge is 0.481 e. The maximum atomic E-state index is 11.3. The van der Waals surface area contributed by atoms with Crippen molar-refractivity contribution in [3.05, 3.63) is 11.6 Å². The molecule has 0 aromatic heterocycles. The molecule has 2 N–H and O–H groups in total. The van der Waals surface area contributed by atoms with Crippen LogP contribution in [-0.4, -0.2) is 34.0 Å². The van der Waals surface area contributed by atoms with Gasteiger partial charge < -0.3 is 14.9 Å². The second-order valence-corrected chi connectivity index (χ2v) is 9.21. The van der Waals surface area contributed by atoms with E-state index in [0.717, 1.165) is 38.5 Å². The van der Waals surface area contributed by atoms with Gasteiger partial charge in [0.05, 0.1) is 17.6 Å². The Morgan fingerprint density at radius 2 is 1.96 bits per heavy atom. The highest BCUT2D eigenvalue weighted by Crippen LogP contribution is 2.66. The number of carboxylic acid groups (broad SMARTS) is 1. The average Bonchev–Trinajstić information content (AvgIpc) is 2.83. The normalized spacial score (nSPS) is 48.2. The van der Waals surface area contributed by atoms with Gasteiger partial charge in [-0.1, -0.05) is 26.3 Å². The lowest BCUT2D eigenvalue weighted by molar-refractivity contribution is -0.198. The van der Waals surface area contributed by atoms with Crippen molar-refractivity contribution in [3.8, 4) is 0 Å². The van der Waals surface area contributed by atoms with Gasteiger partial charge in [-0.3, -0.25) is 4.79 Å². The molecule has 1 aliphatic heterocycles. The zero-order chi connectivity index (χ0) is 17.8. The number of ether oxygens (including phenoxy) is 1. The number of hydrogen-bond donors (Lipinski definition) is 2. The van der Waals surface area contributed by atoms with E-state index in [0.29, 0.717) is 5.92 Å². The number of aliphatic carboxylic acids is 1. The Bertz CT molecular complexity index is 570. The minimum Gasteiger partial charge on any atom is -0.481 e. The van der Waals surface area contributed by atoms with E-state index in [2.05, 4.69) is 26.8 Å². The topological polar surface area (TPSA) is 66.8 Å². The van der Waals surface area contributed by atoms with E-state index in [1.165, 1.54) is 5.57 Å². The fourth-order valence-electron chi connectivity index (χ4n) is 6.19. The van der Waals surface area contributed by atoms with Gasteiger partial charge in [-0.15, -0.1) is 0 Å². The molecule has 1 heterocycles. The highest BCUT2D eigenvalue weighted by molar-refractivity contribution is 5.68. The third-order valence-electron chi connectivity index (χ3n) is 7.59. The zero-order valence-electron chi connectivity index (χ0n) is 15.5. The summed E-state index contributed by atoms with van der Waals surface area (Å²) in [5.74, 6) is -0.419. The predicted octanol–water partition coefficient (Wildman–Crippen LogP) is 3.92. The average molecular weight is 336 g/mol. The molecular formula is C20H32O4. The first-order chi connectivity index (χ1) is 11.1. The first kappa shape index (κ1) is 17.9. The standard InChI is InChI=1S/C20H32O4/c1-14-6-7-15-17(2,13-21)8-5-9-19(15,4)20(14)11-10-18(3,24-20)12-16(22)23/h6,15,21H,5,7-13H2,1-4H3,(H,22,23)/t15?,17-,18?,19+,20-/m1/s1. The Morgan fingerprint density at radius 1 is 1.25 bits per heavy atom. The van der Waals surface area contributed by atoms with Gasteiger partial charge >= 0.3 is 5.97 Å². The van der Waals surface area contributed by atoms with Crippen LogP contribution in [0.15, 0.2) is 11.6 Å². The fraction of sp³-hybridized carbons (Fsp3) is 0.850. The Labute approximate surface area is 145 Å². The molecule has 1 saturated heterocycles.